The molecule has 1 spiro atoms. The molecule has 2 aromatic heterocycles. The van der Waals surface area contributed by atoms with Crippen molar-refractivity contribution < 1.29 is 8.42 Å². The van der Waals surface area contributed by atoms with Crippen molar-refractivity contribution in [2.45, 2.75) is 43.5 Å². The quantitative estimate of drug-likeness (QED) is 0.682. The zero-order valence-electron chi connectivity index (χ0n) is 18.1. The number of piperidine rings is 1. The predicted molar refractivity (Wildman–Crippen MR) is 117 cm³/mol. The van der Waals surface area contributed by atoms with Crippen LogP contribution in [0.15, 0.2) is 29.2 Å². The molecular weight excluding hydrogens is 398 g/mol. The van der Waals surface area contributed by atoms with Crippen LogP contribution in [0.4, 0.5) is 0 Å². The molecule has 1 saturated heterocycles. The van der Waals surface area contributed by atoms with Crippen LogP contribution in [-0.4, -0.2) is 59.1 Å². The molecule has 1 aromatic carbocycles. The molecule has 3 aromatic rings. The maximum Gasteiger partial charge on any atom is 0.246 e. The number of aryl methyl sites for hydroxylation is 2. The topological polar surface area (TPSA) is 74.2 Å². The molecule has 7 nitrogen and oxygen atoms in total. The summed E-state index contributed by atoms with van der Waals surface area (Å²) in [5.74, 6) is 0. The van der Waals surface area contributed by atoms with E-state index in [-0.39, 0.29) is 5.54 Å². The number of para-hydroxylation sites is 1. The number of rotatable bonds is 2. The Hall–Kier alpha value is -2.16. The van der Waals surface area contributed by atoms with Gasteiger partial charge in [-0.2, -0.15) is 9.40 Å². The number of nitrogens with zero attached hydrogens (tertiary/aromatic N) is 4. The van der Waals surface area contributed by atoms with Gasteiger partial charge in [0, 0.05) is 43.3 Å². The smallest absolute Gasteiger partial charge is 0.246 e. The van der Waals surface area contributed by atoms with Gasteiger partial charge < -0.3 is 4.98 Å². The summed E-state index contributed by atoms with van der Waals surface area (Å²) in [6.45, 7) is 5.61. The fourth-order valence-electron chi connectivity index (χ4n) is 5.53. The molecule has 0 aliphatic carbocycles. The molecule has 1 fully saturated rings. The van der Waals surface area contributed by atoms with Crippen molar-refractivity contribution >= 4 is 20.9 Å². The lowest BCUT2D eigenvalue weighted by Crippen LogP contribution is -2.55. The molecule has 5 rings (SSSR count). The second-order valence-corrected chi connectivity index (χ2v) is 10.6. The summed E-state index contributed by atoms with van der Waals surface area (Å²) in [6, 6.07) is 8.48. The first-order valence-corrected chi connectivity index (χ1v) is 12.0. The Labute approximate surface area is 177 Å². The van der Waals surface area contributed by atoms with Crippen molar-refractivity contribution in [3.8, 4) is 0 Å². The Kier molecular flexibility index (Phi) is 4.40. The van der Waals surface area contributed by atoms with Crippen molar-refractivity contribution in [2.24, 2.45) is 7.05 Å². The Bertz CT molecular complexity index is 1230. The molecule has 8 heteroatoms. The fourth-order valence-corrected chi connectivity index (χ4v) is 7.37. The van der Waals surface area contributed by atoms with Gasteiger partial charge in [0.05, 0.1) is 16.9 Å². The number of benzene rings is 1. The summed E-state index contributed by atoms with van der Waals surface area (Å²) in [5.41, 5.74) is 4.98. The Morgan fingerprint density at radius 3 is 2.43 bits per heavy atom. The van der Waals surface area contributed by atoms with Gasteiger partial charge in [0.1, 0.15) is 4.90 Å². The monoisotopic (exact) mass is 427 g/mol. The molecule has 1 N–H and O–H groups in total. The first kappa shape index (κ1) is 19.8. The van der Waals surface area contributed by atoms with Crippen molar-refractivity contribution in [1.29, 1.82) is 0 Å². The number of aromatic nitrogens is 3. The lowest BCUT2D eigenvalue weighted by atomic mass is 9.78. The van der Waals surface area contributed by atoms with Gasteiger partial charge in [0.25, 0.3) is 0 Å². The molecule has 2 aliphatic rings. The number of likely N-dealkylation sites (N-methyl/N-ethyl adjacent to an activating group) is 1. The highest BCUT2D eigenvalue weighted by molar-refractivity contribution is 7.89. The van der Waals surface area contributed by atoms with Crippen LogP contribution in [0.25, 0.3) is 10.9 Å². The van der Waals surface area contributed by atoms with Gasteiger partial charge >= 0.3 is 0 Å². The van der Waals surface area contributed by atoms with Crippen molar-refractivity contribution in [2.75, 3.05) is 26.7 Å². The van der Waals surface area contributed by atoms with Crippen LogP contribution in [0, 0.1) is 13.8 Å². The van der Waals surface area contributed by atoms with Crippen LogP contribution in [0.3, 0.4) is 0 Å². The number of sulfonamides is 1. The number of hydrogen-bond donors (Lipinski definition) is 1. The second-order valence-electron chi connectivity index (χ2n) is 8.75. The third kappa shape index (κ3) is 2.63. The summed E-state index contributed by atoms with van der Waals surface area (Å²) in [7, 11) is 0.411. The van der Waals surface area contributed by atoms with E-state index < -0.39 is 10.0 Å². The first-order chi connectivity index (χ1) is 14.3. The third-order valence-electron chi connectivity index (χ3n) is 7.30. The van der Waals surface area contributed by atoms with Crippen LogP contribution in [0.1, 0.15) is 35.5 Å². The van der Waals surface area contributed by atoms with Crippen LogP contribution in [-0.2, 0) is 29.0 Å². The second kappa shape index (κ2) is 6.67. The summed E-state index contributed by atoms with van der Waals surface area (Å²) >= 11 is 0. The molecule has 0 bridgehead atoms. The Morgan fingerprint density at radius 1 is 1.07 bits per heavy atom. The van der Waals surface area contributed by atoms with Gasteiger partial charge in [-0.15, -0.1) is 0 Å². The molecular formula is C22H29N5O2S. The third-order valence-corrected chi connectivity index (χ3v) is 9.45. The predicted octanol–water partition coefficient (Wildman–Crippen LogP) is 2.69. The van der Waals surface area contributed by atoms with E-state index in [0.717, 1.165) is 25.8 Å². The van der Waals surface area contributed by atoms with Crippen LogP contribution in [0.2, 0.25) is 0 Å². The SMILES string of the molecule is Cc1nn(C)c(C)c1S(=O)(=O)N1CCC2(CC1)c1[nH]c3ccccc3c1CCN2C. The standard InChI is InChI=1S/C22H29N5O2S/c1-15-20(16(2)26(4)24-15)30(28,29)27-13-10-22(11-14-27)21-18(9-12-25(22)3)17-7-5-6-8-19(17)23-21/h5-8,23H,9-14H2,1-4H3. The van der Waals surface area contributed by atoms with E-state index >= 15 is 0 Å². The number of hydrogen-bond acceptors (Lipinski definition) is 4. The number of fused-ring (bicyclic) bond motifs is 4. The van der Waals surface area contributed by atoms with Crippen molar-refractivity contribution in [3.63, 3.8) is 0 Å². The van der Waals surface area contributed by atoms with Gasteiger partial charge in [0.15, 0.2) is 0 Å². The molecule has 30 heavy (non-hydrogen) atoms. The van der Waals surface area contributed by atoms with E-state index in [9.17, 15) is 8.42 Å². The highest BCUT2D eigenvalue weighted by Gasteiger charge is 2.47. The van der Waals surface area contributed by atoms with Crippen LogP contribution in [0.5, 0.6) is 0 Å². The zero-order chi connectivity index (χ0) is 21.3. The highest BCUT2D eigenvalue weighted by Crippen LogP contribution is 2.45. The minimum Gasteiger partial charge on any atom is -0.357 e. The maximum absolute atomic E-state index is 13.4. The largest absolute Gasteiger partial charge is 0.357 e. The van der Waals surface area contributed by atoms with Gasteiger partial charge in [0.2, 0.25) is 10.0 Å². The van der Waals surface area contributed by atoms with Crippen molar-refractivity contribution in [3.05, 3.63) is 46.9 Å². The lowest BCUT2D eigenvalue weighted by Gasteiger charge is -2.49. The van der Waals surface area contributed by atoms with Crippen LogP contribution >= 0.6 is 0 Å². The van der Waals surface area contributed by atoms with E-state index in [4.69, 9.17) is 0 Å². The van der Waals surface area contributed by atoms with Gasteiger partial charge in [-0.25, -0.2) is 8.42 Å². The molecule has 0 amide bonds. The van der Waals surface area contributed by atoms with E-state index in [1.807, 2.05) is 6.92 Å². The summed E-state index contributed by atoms with van der Waals surface area (Å²) in [4.78, 5) is 6.48. The summed E-state index contributed by atoms with van der Waals surface area (Å²) < 4.78 is 30.2. The van der Waals surface area contributed by atoms with Gasteiger partial charge in [-0.05, 0) is 51.8 Å². The minimum atomic E-state index is -3.56. The lowest BCUT2D eigenvalue weighted by molar-refractivity contribution is 0.0467. The molecule has 0 atom stereocenters. The first-order valence-electron chi connectivity index (χ1n) is 10.6. The van der Waals surface area contributed by atoms with Crippen LogP contribution < -0.4 is 0 Å². The molecule has 0 unspecified atom stereocenters. The molecule has 0 radical (unpaired) electrons. The fraction of sp³-hybridized carbons (Fsp3) is 0.500. The van der Waals surface area contributed by atoms with E-state index in [1.54, 1.807) is 23.0 Å². The van der Waals surface area contributed by atoms with Gasteiger partial charge in [-0.3, -0.25) is 9.58 Å². The van der Waals surface area contributed by atoms with E-state index in [2.05, 4.69) is 46.3 Å². The molecule has 0 saturated carbocycles. The normalized spacial score (nSPS) is 20.1. The van der Waals surface area contributed by atoms with Gasteiger partial charge in [-0.1, -0.05) is 18.2 Å². The average molecular weight is 428 g/mol. The van der Waals surface area contributed by atoms with Crippen molar-refractivity contribution in [1.82, 2.24) is 24.0 Å². The molecule has 2 aliphatic heterocycles. The maximum atomic E-state index is 13.4. The average Bonchev–Trinajstić information content (AvgIpc) is 3.23. The highest BCUT2D eigenvalue weighted by atomic mass is 32.2. The molecule has 160 valence electrons. The number of nitrogens with one attached hydrogen (secondary N) is 1. The van der Waals surface area contributed by atoms with E-state index in [0.29, 0.717) is 29.4 Å². The summed E-state index contributed by atoms with van der Waals surface area (Å²) in [5, 5.41) is 5.62. The Morgan fingerprint density at radius 2 is 1.77 bits per heavy atom. The zero-order valence-corrected chi connectivity index (χ0v) is 18.9. The minimum absolute atomic E-state index is 0.141. The number of H-pyrrole nitrogens is 1. The molecule has 4 heterocycles. The number of aromatic amines is 1. The Balaban J connectivity index is 1.50. The van der Waals surface area contributed by atoms with E-state index in [1.165, 1.54) is 22.2 Å². The summed E-state index contributed by atoms with van der Waals surface area (Å²) in [6.07, 6.45) is 2.58.